The minimum Gasteiger partial charge on any atom is -0.467 e. The molecule has 2 rings (SSSR count). The Morgan fingerprint density at radius 3 is 2.79 bits per heavy atom. The lowest BCUT2D eigenvalue weighted by Crippen LogP contribution is -2.52. The van der Waals surface area contributed by atoms with Crippen LogP contribution in [0.15, 0.2) is 22.8 Å². The first kappa shape index (κ1) is 13.9. The van der Waals surface area contributed by atoms with Gasteiger partial charge in [-0.25, -0.2) is 0 Å². The Hall–Kier alpha value is -1.50. The number of carbonyl (C=O) groups excluding carboxylic acids is 1. The Bertz CT molecular complexity index is 436. The molecule has 1 fully saturated rings. The number of hydrogen-bond donors (Lipinski definition) is 2. The summed E-state index contributed by atoms with van der Waals surface area (Å²) in [6.07, 6.45) is -3.40. The predicted molar refractivity (Wildman–Crippen MR) is 61.2 cm³/mol. The SMILES string of the molecule is C[C@@H](NC(=O)C1(C(F)(F)F)CCNC1)c1ccco1. The lowest BCUT2D eigenvalue weighted by molar-refractivity contribution is -0.216. The van der Waals surface area contributed by atoms with Crippen molar-refractivity contribution in [3.8, 4) is 0 Å². The summed E-state index contributed by atoms with van der Waals surface area (Å²) < 4.78 is 44.5. The van der Waals surface area contributed by atoms with Gasteiger partial charge >= 0.3 is 6.18 Å². The fraction of sp³-hybridized carbons (Fsp3) is 0.583. The average molecular weight is 276 g/mol. The Morgan fingerprint density at radius 2 is 2.32 bits per heavy atom. The summed E-state index contributed by atoms with van der Waals surface area (Å²) in [6.45, 7) is 1.39. The molecule has 19 heavy (non-hydrogen) atoms. The van der Waals surface area contributed by atoms with E-state index in [-0.39, 0.29) is 19.5 Å². The maximum Gasteiger partial charge on any atom is 0.404 e. The molecule has 2 heterocycles. The third kappa shape index (κ3) is 2.47. The van der Waals surface area contributed by atoms with Gasteiger partial charge in [0, 0.05) is 6.54 Å². The lowest BCUT2D eigenvalue weighted by atomic mass is 9.85. The van der Waals surface area contributed by atoms with E-state index in [2.05, 4.69) is 10.6 Å². The smallest absolute Gasteiger partial charge is 0.404 e. The van der Waals surface area contributed by atoms with E-state index in [0.717, 1.165) is 0 Å². The van der Waals surface area contributed by atoms with Gasteiger partial charge in [0.2, 0.25) is 5.91 Å². The van der Waals surface area contributed by atoms with Gasteiger partial charge in [-0.15, -0.1) is 0 Å². The third-order valence-corrected chi connectivity index (χ3v) is 3.45. The minimum absolute atomic E-state index is 0.183. The molecule has 1 unspecified atom stereocenters. The van der Waals surface area contributed by atoms with Gasteiger partial charge in [0.05, 0.1) is 12.3 Å². The highest BCUT2D eigenvalue weighted by molar-refractivity contribution is 5.84. The number of carbonyl (C=O) groups is 1. The summed E-state index contributed by atoms with van der Waals surface area (Å²) in [5.74, 6) is -0.578. The minimum atomic E-state index is -4.57. The second-order valence-corrected chi connectivity index (χ2v) is 4.72. The number of amides is 1. The summed E-state index contributed by atoms with van der Waals surface area (Å²) in [5, 5.41) is 4.98. The maximum atomic E-state index is 13.1. The van der Waals surface area contributed by atoms with Crippen molar-refractivity contribution >= 4 is 5.91 Å². The van der Waals surface area contributed by atoms with Crippen LogP contribution in [0, 0.1) is 5.41 Å². The number of hydrogen-bond acceptors (Lipinski definition) is 3. The molecule has 0 aromatic carbocycles. The van der Waals surface area contributed by atoms with E-state index in [4.69, 9.17) is 4.42 Å². The van der Waals surface area contributed by atoms with E-state index in [1.54, 1.807) is 19.1 Å². The van der Waals surface area contributed by atoms with Crippen LogP contribution in [-0.2, 0) is 4.79 Å². The van der Waals surface area contributed by atoms with Crippen LogP contribution in [0.2, 0.25) is 0 Å². The molecule has 0 radical (unpaired) electrons. The van der Waals surface area contributed by atoms with Crippen molar-refractivity contribution < 1.29 is 22.4 Å². The van der Waals surface area contributed by atoms with E-state index >= 15 is 0 Å². The molecule has 1 saturated heterocycles. The second-order valence-electron chi connectivity index (χ2n) is 4.72. The number of alkyl halides is 3. The Kier molecular flexibility index (Phi) is 3.58. The zero-order valence-electron chi connectivity index (χ0n) is 10.4. The van der Waals surface area contributed by atoms with Crippen LogP contribution in [0.5, 0.6) is 0 Å². The summed E-state index contributed by atoms with van der Waals surface area (Å²) in [6, 6.07) is 2.63. The van der Waals surface area contributed by atoms with Crippen molar-refractivity contribution in [2.24, 2.45) is 5.41 Å². The van der Waals surface area contributed by atoms with Crippen LogP contribution in [0.25, 0.3) is 0 Å². The largest absolute Gasteiger partial charge is 0.467 e. The number of halogens is 3. The van der Waals surface area contributed by atoms with Gasteiger partial charge in [-0.3, -0.25) is 4.79 Å². The van der Waals surface area contributed by atoms with Crippen molar-refractivity contribution in [1.82, 2.24) is 10.6 Å². The van der Waals surface area contributed by atoms with Crippen LogP contribution >= 0.6 is 0 Å². The summed E-state index contributed by atoms with van der Waals surface area (Å²) >= 11 is 0. The fourth-order valence-corrected chi connectivity index (χ4v) is 2.20. The highest BCUT2D eigenvalue weighted by atomic mass is 19.4. The van der Waals surface area contributed by atoms with Gasteiger partial charge in [-0.2, -0.15) is 13.2 Å². The standard InChI is InChI=1S/C12H15F3N2O2/c1-8(9-3-2-6-19-9)17-10(18)11(12(13,14)15)4-5-16-7-11/h2-3,6,8,16H,4-5,7H2,1H3,(H,17,18)/t8-,11?/m1/s1. The Labute approximate surface area is 108 Å². The van der Waals surface area contributed by atoms with Gasteiger partial charge in [-0.1, -0.05) is 0 Å². The van der Waals surface area contributed by atoms with Crippen molar-refractivity contribution in [2.45, 2.75) is 25.6 Å². The lowest BCUT2D eigenvalue weighted by Gasteiger charge is -2.30. The third-order valence-electron chi connectivity index (χ3n) is 3.45. The van der Waals surface area contributed by atoms with Gasteiger partial charge in [-0.05, 0) is 32.0 Å². The van der Waals surface area contributed by atoms with E-state index in [9.17, 15) is 18.0 Å². The molecule has 4 nitrogen and oxygen atoms in total. The molecule has 1 aromatic heterocycles. The summed E-state index contributed by atoms with van der Waals surface area (Å²) in [7, 11) is 0. The molecule has 2 N–H and O–H groups in total. The van der Waals surface area contributed by atoms with Crippen LogP contribution in [0.4, 0.5) is 13.2 Å². The Balaban J connectivity index is 2.13. The first-order chi connectivity index (χ1) is 8.87. The molecule has 0 spiro atoms. The molecule has 2 atom stereocenters. The molecule has 1 amide bonds. The zero-order chi connectivity index (χ0) is 14.1. The molecular formula is C12H15F3N2O2. The number of rotatable bonds is 3. The summed E-state index contributed by atoms with van der Waals surface area (Å²) in [4.78, 5) is 12.0. The first-order valence-electron chi connectivity index (χ1n) is 5.99. The highest BCUT2D eigenvalue weighted by Gasteiger charge is 2.61. The molecular weight excluding hydrogens is 261 g/mol. The van der Waals surface area contributed by atoms with Crippen LogP contribution in [0.1, 0.15) is 25.1 Å². The monoisotopic (exact) mass is 276 g/mol. The first-order valence-corrected chi connectivity index (χ1v) is 5.99. The summed E-state index contributed by atoms with van der Waals surface area (Å²) in [5.41, 5.74) is -2.34. The second kappa shape index (κ2) is 4.88. The molecule has 0 bridgehead atoms. The molecule has 0 saturated carbocycles. The molecule has 1 aromatic rings. The van der Waals surface area contributed by atoms with E-state index in [0.29, 0.717) is 5.76 Å². The molecule has 106 valence electrons. The fourth-order valence-electron chi connectivity index (χ4n) is 2.20. The normalized spacial score (nSPS) is 25.3. The molecule has 7 heteroatoms. The van der Waals surface area contributed by atoms with Gasteiger partial charge in [0.1, 0.15) is 5.76 Å². The maximum absolute atomic E-state index is 13.1. The van der Waals surface area contributed by atoms with E-state index in [1.807, 2.05) is 0 Å². The zero-order valence-corrected chi connectivity index (χ0v) is 10.4. The van der Waals surface area contributed by atoms with E-state index < -0.39 is 23.5 Å². The number of nitrogens with one attached hydrogen (secondary N) is 2. The van der Waals surface area contributed by atoms with E-state index in [1.165, 1.54) is 6.26 Å². The predicted octanol–water partition coefficient (Wildman–Crippen LogP) is 2.00. The van der Waals surface area contributed by atoms with Crippen molar-refractivity contribution in [3.63, 3.8) is 0 Å². The number of furan rings is 1. The van der Waals surface area contributed by atoms with Crippen LogP contribution < -0.4 is 10.6 Å². The highest BCUT2D eigenvalue weighted by Crippen LogP contribution is 2.43. The van der Waals surface area contributed by atoms with Gasteiger partial charge in [0.25, 0.3) is 0 Å². The van der Waals surface area contributed by atoms with Crippen molar-refractivity contribution in [1.29, 1.82) is 0 Å². The van der Waals surface area contributed by atoms with Gasteiger partial charge in [0.15, 0.2) is 5.41 Å². The van der Waals surface area contributed by atoms with Crippen molar-refractivity contribution in [2.75, 3.05) is 13.1 Å². The van der Waals surface area contributed by atoms with Crippen LogP contribution in [-0.4, -0.2) is 25.2 Å². The Morgan fingerprint density at radius 1 is 1.58 bits per heavy atom. The molecule has 1 aliphatic rings. The van der Waals surface area contributed by atoms with Crippen molar-refractivity contribution in [3.05, 3.63) is 24.2 Å². The molecule has 0 aliphatic carbocycles. The topological polar surface area (TPSA) is 54.3 Å². The van der Waals surface area contributed by atoms with Crippen LogP contribution in [0.3, 0.4) is 0 Å². The van der Waals surface area contributed by atoms with Gasteiger partial charge < -0.3 is 15.1 Å². The quantitative estimate of drug-likeness (QED) is 0.887. The molecule has 1 aliphatic heterocycles. The average Bonchev–Trinajstić information content (AvgIpc) is 3.00.